The van der Waals surface area contributed by atoms with E-state index in [1.54, 1.807) is 19.2 Å². The van der Waals surface area contributed by atoms with Crippen LogP contribution in [0.3, 0.4) is 0 Å². The van der Waals surface area contributed by atoms with Gasteiger partial charge in [0.1, 0.15) is 5.69 Å². The first-order valence-electron chi connectivity index (χ1n) is 7.96. The Hall–Kier alpha value is -2.41. The summed E-state index contributed by atoms with van der Waals surface area (Å²) in [5.74, 6) is -0.286. The summed E-state index contributed by atoms with van der Waals surface area (Å²) in [4.78, 5) is 25.2. The molecule has 2 aromatic rings. The fraction of sp³-hybridized carbons (Fsp3) is 0.278. The molecule has 0 bridgehead atoms. The number of aryl methyl sites for hydroxylation is 1. The van der Waals surface area contributed by atoms with Crippen LogP contribution in [0.25, 0.3) is 0 Å². The fourth-order valence-corrected chi connectivity index (χ4v) is 3.16. The number of nitro groups is 1. The van der Waals surface area contributed by atoms with Gasteiger partial charge in [0.05, 0.1) is 4.92 Å². The first-order valence-corrected chi connectivity index (χ1v) is 8.75. The molecule has 130 valence electrons. The molecule has 1 N–H and O–H groups in total. The van der Waals surface area contributed by atoms with Crippen molar-refractivity contribution in [2.24, 2.45) is 0 Å². The number of carbonyl (C=O) groups is 1. The molecule has 25 heavy (non-hydrogen) atoms. The molecule has 0 radical (unpaired) electrons. The summed E-state index contributed by atoms with van der Waals surface area (Å²) in [6.07, 6.45) is 2.03. The summed E-state index contributed by atoms with van der Waals surface area (Å²) in [6, 6.07) is 10.5. The predicted octanol–water partition coefficient (Wildman–Crippen LogP) is 4.52. The van der Waals surface area contributed by atoms with Crippen molar-refractivity contribution in [2.45, 2.75) is 25.8 Å². The number of nitrogens with zero attached hydrogens (tertiary/aromatic N) is 2. The Morgan fingerprint density at radius 2 is 2.00 bits per heavy atom. The van der Waals surface area contributed by atoms with Crippen LogP contribution in [0, 0.1) is 17.0 Å². The Labute approximate surface area is 154 Å². The van der Waals surface area contributed by atoms with Crippen LogP contribution in [0.1, 0.15) is 28.8 Å². The van der Waals surface area contributed by atoms with Crippen LogP contribution in [0.5, 0.6) is 0 Å². The molecule has 1 fully saturated rings. The lowest BCUT2D eigenvalue weighted by molar-refractivity contribution is -0.384. The van der Waals surface area contributed by atoms with Gasteiger partial charge >= 0.3 is 0 Å². The molecule has 1 amide bonds. The van der Waals surface area contributed by atoms with Crippen LogP contribution >= 0.6 is 15.9 Å². The number of nitrogens with one attached hydrogen (secondary N) is 1. The molecule has 3 rings (SSSR count). The molecule has 0 heterocycles. The lowest BCUT2D eigenvalue weighted by Gasteiger charge is -2.20. The molecule has 0 unspecified atom stereocenters. The van der Waals surface area contributed by atoms with Crippen molar-refractivity contribution >= 4 is 38.9 Å². The molecule has 7 heteroatoms. The van der Waals surface area contributed by atoms with Gasteiger partial charge in [-0.05, 0) is 55.7 Å². The van der Waals surface area contributed by atoms with Crippen molar-refractivity contribution in [1.29, 1.82) is 0 Å². The second-order valence-electron chi connectivity index (χ2n) is 6.20. The van der Waals surface area contributed by atoms with Crippen molar-refractivity contribution in [2.75, 3.05) is 17.3 Å². The van der Waals surface area contributed by atoms with Crippen LogP contribution in [0.2, 0.25) is 0 Å². The summed E-state index contributed by atoms with van der Waals surface area (Å²) in [5.41, 5.74) is 2.38. The third-order valence-electron chi connectivity index (χ3n) is 4.20. The largest absolute Gasteiger partial charge is 0.377 e. The van der Waals surface area contributed by atoms with Gasteiger partial charge in [-0.2, -0.15) is 0 Å². The van der Waals surface area contributed by atoms with Gasteiger partial charge < -0.3 is 10.2 Å². The van der Waals surface area contributed by atoms with Gasteiger partial charge in [-0.3, -0.25) is 14.9 Å². The summed E-state index contributed by atoms with van der Waals surface area (Å²) >= 11 is 3.40. The van der Waals surface area contributed by atoms with E-state index in [4.69, 9.17) is 0 Å². The van der Waals surface area contributed by atoms with E-state index in [0.29, 0.717) is 11.7 Å². The van der Waals surface area contributed by atoms with Crippen molar-refractivity contribution < 1.29 is 9.72 Å². The minimum absolute atomic E-state index is 0.0707. The highest BCUT2D eigenvalue weighted by Gasteiger charge is 2.26. The molecular formula is C18H18BrN3O3. The Morgan fingerprint density at radius 1 is 1.28 bits per heavy atom. The lowest BCUT2D eigenvalue weighted by Crippen LogP contribution is -2.27. The lowest BCUT2D eigenvalue weighted by atomic mass is 10.1. The number of carbonyl (C=O) groups excluding carboxylic acids is 1. The standard InChI is InChI=1S/C18H18BrN3O3/c1-11-9-13(19)4-8-16(11)21(2)18(23)12-3-7-15(20-14-5-6-14)17(10-12)22(24)25/h3-4,7-10,14,20H,5-6H2,1-2H3. The Kier molecular flexibility index (Phi) is 4.76. The summed E-state index contributed by atoms with van der Waals surface area (Å²) in [5, 5.41) is 14.5. The van der Waals surface area contributed by atoms with E-state index in [1.807, 2.05) is 25.1 Å². The zero-order valence-electron chi connectivity index (χ0n) is 14.0. The average Bonchev–Trinajstić information content (AvgIpc) is 3.38. The van der Waals surface area contributed by atoms with E-state index in [1.165, 1.54) is 11.0 Å². The Bertz CT molecular complexity index is 849. The van der Waals surface area contributed by atoms with Gasteiger partial charge in [-0.15, -0.1) is 0 Å². The second kappa shape index (κ2) is 6.84. The second-order valence-corrected chi connectivity index (χ2v) is 7.12. The number of amides is 1. The molecule has 0 aromatic heterocycles. The van der Waals surface area contributed by atoms with E-state index in [2.05, 4.69) is 21.2 Å². The monoisotopic (exact) mass is 403 g/mol. The Morgan fingerprint density at radius 3 is 2.60 bits per heavy atom. The van der Waals surface area contributed by atoms with Crippen LogP contribution in [-0.2, 0) is 0 Å². The number of nitro benzene ring substituents is 1. The van der Waals surface area contributed by atoms with Gasteiger partial charge in [-0.1, -0.05) is 15.9 Å². The summed E-state index contributed by atoms with van der Waals surface area (Å²) in [6.45, 7) is 1.91. The first-order chi connectivity index (χ1) is 11.9. The average molecular weight is 404 g/mol. The van der Waals surface area contributed by atoms with Gasteiger partial charge in [-0.25, -0.2) is 0 Å². The van der Waals surface area contributed by atoms with E-state index in [0.717, 1.165) is 28.6 Å². The van der Waals surface area contributed by atoms with Crippen LogP contribution in [-0.4, -0.2) is 23.9 Å². The van der Waals surface area contributed by atoms with Crippen molar-refractivity contribution in [1.82, 2.24) is 0 Å². The normalized spacial score (nSPS) is 13.4. The van der Waals surface area contributed by atoms with E-state index >= 15 is 0 Å². The van der Waals surface area contributed by atoms with E-state index < -0.39 is 4.92 Å². The zero-order chi connectivity index (χ0) is 18.1. The maximum Gasteiger partial charge on any atom is 0.293 e. The van der Waals surface area contributed by atoms with Gasteiger partial charge in [0.2, 0.25) is 0 Å². The van der Waals surface area contributed by atoms with Crippen LogP contribution in [0.4, 0.5) is 17.1 Å². The number of rotatable bonds is 5. The highest BCUT2D eigenvalue weighted by molar-refractivity contribution is 9.10. The molecular weight excluding hydrogens is 386 g/mol. The minimum Gasteiger partial charge on any atom is -0.377 e. The van der Waals surface area contributed by atoms with Crippen LogP contribution in [0.15, 0.2) is 40.9 Å². The fourth-order valence-electron chi connectivity index (χ4n) is 2.68. The molecule has 0 saturated heterocycles. The molecule has 0 aliphatic heterocycles. The molecule has 6 nitrogen and oxygen atoms in total. The van der Waals surface area contributed by atoms with E-state index in [-0.39, 0.29) is 17.2 Å². The van der Waals surface area contributed by atoms with Crippen molar-refractivity contribution in [3.63, 3.8) is 0 Å². The highest BCUT2D eigenvalue weighted by Crippen LogP contribution is 2.32. The molecule has 2 aromatic carbocycles. The third-order valence-corrected chi connectivity index (χ3v) is 4.70. The Balaban J connectivity index is 1.90. The smallest absolute Gasteiger partial charge is 0.293 e. The number of hydrogen-bond acceptors (Lipinski definition) is 4. The zero-order valence-corrected chi connectivity index (χ0v) is 15.5. The summed E-state index contributed by atoms with van der Waals surface area (Å²) in [7, 11) is 1.67. The first kappa shape index (κ1) is 17.4. The predicted molar refractivity (Wildman–Crippen MR) is 101 cm³/mol. The topological polar surface area (TPSA) is 75.5 Å². The van der Waals surface area contributed by atoms with Gasteiger partial charge in [0.15, 0.2) is 0 Å². The van der Waals surface area contributed by atoms with Crippen molar-refractivity contribution in [3.8, 4) is 0 Å². The molecule has 1 aliphatic carbocycles. The number of hydrogen-bond donors (Lipinski definition) is 1. The van der Waals surface area contributed by atoms with Crippen molar-refractivity contribution in [3.05, 3.63) is 62.1 Å². The minimum atomic E-state index is -0.452. The number of halogens is 1. The highest BCUT2D eigenvalue weighted by atomic mass is 79.9. The molecule has 0 atom stereocenters. The quantitative estimate of drug-likeness (QED) is 0.588. The van der Waals surface area contributed by atoms with E-state index in [9.17, 15) is 14.9 Å². The molecule has 0 spiro atoms. The third kappa shape index (κ3) is 3.82. The number of anilines is 2. The van der Waals surface area contributed by atoms with Gasteiger partial charge in [0, 0.05) is 34.9 Å². The SMILES string of the molecule is Cc1cc(Br)ccc1N(C)C(=O)c1ccc(NC2CC2)c([N+](=O)[O-])c1. The maximum atomic E-state index is 12.8. The maximum absolute atomic E-state index is 12.8. The molecule has 1 aliphatic rings. The number of benzene rings is 2. The van der Waals surface area contributed by atoms with Crippen LogP contribution < -0.4 is 10.2 Å². The summed E-state index contributed by atoms with van der Waals surface area (Å²) < 4.78 is 0.931. The van der Waals surface area contributed by atoms with Gasteiger partial charge in [0.25, 0.3) is 11.6 Å². The molecule has 1 saturated carbocycles.